The van der Waals surface area contributed by atoms with Gasteiger partial charge in [-0.1, -0.05) is 96.8 Å². The normalized spacial score (nSPS) is 12.4. The molecule has 2 aromatic heterocycles. The molecule has 25 nitrogen and oxygen atoms in total. The Balaban J connectivity index is 1.06. The third kappa shape index (κ3) is 31.9. The van der Waals surface area contributed by atoms with Crippen LogP contribution in [0.2, 0.25) is 0 Å². The van der Waals surface area contributed by atoms with Crippen LogP contribution in [0, 0.1) is 0 Å². The van der Waals surface area contributed by atoms with Crippen LogP contribution in [-0.4, -0.2) is 145 Å². The highest BCUT2D eigenvalue weighted by Gasteiger charge is 2.23. The van der Waals surface area contributed by atoms with Crippen molar-refractivity contribution in [1.29, 1.82) is 0 Å². The number of carbonyl (C=O) groups is 5. The number of aromatic nitrogens is 4. The molecule has 26 heteroatoms. The van der Waals surface area contributed by atoms with Gasteiger partial charge in [0.05, 0.1) is 77.9 Å². The van der Waals surface area contributed by atoms with Gasteiger partial charge in [-0.3, -0.25) is 33.2 Å². The number of carbonyl (C=O) groups excluding carboxylic acids is 4. The zero-order valence-corrected chi connectivity index (χ0v) is 45.5. The molecule has 0 saturated heterocycles. The number of H-pyrrole nitrogens is 1. The van der Waals surface area contributed by atoms with E-state index in [4.69, 9.17) is 38.5 Å². The highest BCUT2D eigenvalue weighted by molar-refractivity contribution is 7.47. The van der Waals surface area contributed by atoms with Crippen LogP contribution in [0.1, 0.15) is 145 Å². The third-order valence-corrected chi connectivity index (χ3v) is 12.6. The highest BCUT2D eigenvalue weighted by atomic mass is 31.2. The Kier molecular flexibility index (Phi) is 34.3. The van der Waals surface area contributed by atoms with Gasteiger partial charge in [-0.2, -0.15) is 4.98 Å². The van der Waals surface area contributed by atoms with Gasteiger partial charge in [-0.15, -0.1) is 0 Å². The van der Waals surface area contributed by atoms with E-state index in [1.807, 2.05) is 0 Å². The number of carboxylic acid groups (broad SMARTS) is 1. The van der Waals surface area contributed by atoms with Crippen molar-refractivity contribution in [2.45, 2.75) is 142 Å². The van der Waals surface area contributed by atoms with Gasteiger partial charge < -0.3 is 60.7 Å². The average Bonchev–Trinajstić information content (AvgIpc) is 3.41. The number of anilines is 2. The fourth-order valence-electron chi connectivity index (χ4n) is 7.39. The SMILES string of the molecule is CCCCCCCCCCCCCCCCCC(=O)OCCCOP(=O)(O)OCCNC(=O)OCCOCCOCCOCCNC(=O)CC[C@@H](NC(=O)c1ccc(NCc2cnc3nc(N)[nH]c(=O)c3n2)cc1)C(=O)O. The van der Waals surface area contributed by atoms with Crippen LogP contribution < -0.4 is 32.6 Å². The van der Waals surface area contributed by atoms with E-state index in [1.54, 1.807) is 12.1 Å². The van der Waals surface area contributed by atoms with Gasteiger partial charge in [-0.25, -0.2) is 24.1 Å². The number of ether oxygens (including phenoxy) is 5. The second kappa shape index (κ2) is 40.4. The molecule has 77 heavy (non-hydrogen) atoms. The Hall–Kier alpha value is -5.82. The number of phosphoric ester groups is 1. The number of aliphatic carboxylic acids is 1. The highest BCUT2D eigenvalue weighted by Crippen LogP contribution is 2.42. The standard InChI is InChI=1S/C51H82N9O16P/c1-2-3-4-5-6-7-8-9-10-11-12-13-14-15-16-18-44(62)73-27-17-28-75-77(68,69)76-30-26-54-51(67)74-36-35-72-34-33-71-32-31-70-29-25-53-43(61)24-23-42(49(65)66)58-47(63)39-19-21-40(22-20-39)55-37-41-38-56-46-45(57-41)48(64)60-50(52)59-46/h19-22,38,42,55H,2-18,23-37H2,1H3,(H,53,61)(H,54,67)(H,58,63)(H,65,66)(H,68,69)(H3,52,56,59,60,64)/t42-/m1/s1. The lowest BCUT2D eigenvalue weighted by Gasteiger charge is -2.15. The van der Waals surface area contributed by atoms with Crippen molar-refractivity contribution in [3.05, 3.63) is 52.1 Å². The molecule has 0 aliphatic rings. The third-order valence-electron chi connectivity index (χ3n) is 11.6. The van der Waals surface area contributed by atoms with E-state index < -0.39 is 43.3 Å². The topological polar surface area (TPSA) is 353 Å². The van der Waals surface area contributed by atoms with Gasteiger partial charge in [0, 0.05) is 43.6 Å². The molecular weight excluding hydrogens is 1030 g/mol. The summed E-state index contributed by atoms with van der Waals surface area (Å²) in [6.07, 6.45) is 19.7. The molecule has 0 saturated carbocycles. The molecule has 0 fully saturated rings. The van der Waals surface area contributed by atoms with Gasteiger partial charge in [0.2, 0.25) is 11.9 Å². The van der Waals surface area contributed by atoms with E-state index in [1.165, 1.54) is 95.4 Å². The first-order chi connectivity index (χ1) is 37.3. The summed E-state index contributed by atoms with van der Waals surface area (Å²) in [4.78, 5) is 97.5. The number of phosphoric acid groups is 1. The number of aromatic amines is 1. The Morgan fingerprint density at radius 3 is 1.91 bits per heavy atom. The number of fused-ring (bicyclic) bond motifs is 1. The summed E-state index contributed by atoms with van der Waals surface area (Å²) in [6, 6.07) is 4.92. The van der Waals surface area contributed by atoms with Crippen LogP contribution >= 0.6 is 7.82 Å². The molecule has 0 spiro atoms. The van der Waals surface area contributed by atoms with Gasteiger partial charge in [-0.05, 0) is 37.1 Å². The summed E-state index contributed by atoms with van der Waals surface area (Å²) in [5.41, 5.74) is 6.45. The van der Waals surface area contributed by atoms with Gasteiger partial charge in [0.1, 0.15) is 12.6 Å². The maximum Gasteiger partial charge on any atom is 0.472 e. The van der Waals surface area contributed by atoms with Crippen molar-refractivity contribution < 1.29 is 71.3 Å². The maximum atomic E-state index is 12.8. The lowest BCUT2D eigenvalue weighted by molar-refractivity contribution is -0.144. The summed E-state index contributed by atoms with van der Waals surface area (Å²) >= 11 is 0. The maximum absolute atomic E-state index is 12.8. The van der Waals surface area contributed by atoms with Gasteiger partial charge >= 0.3 is 25.9 Å². The van der Waals surface area contributed by atoms with Gasteiger partial charge in [0.25, 0.3) is 11.5 Å². The number of benzene rings is 1. The molecule has 432 valence electrons. The quantitative estimate of drug-likeness (QED) is 0.0180. The molecular formula is C51H82N9O16P. The van der Waals surface area contributed by atoms with Crippen molar-refractivity contribution in [2.24, 2.45) is 0 Å². The number of nitrogens with one attached hydrogen (secondary N) is 5. The summed E-state index contributed by atoms with van der Waals surface area (Å²) in [7, 11) is -4.37. The molecule has 2 heterocycles. The summed E-state index contributed by atoms with van der Waals surface area (Å²) in [5, 5.41) is 20.2. The van der Waals surface area contributed by atoms with E-state index in [2.05, 4.69) is 48.1 Å². The fourth-order valence-corrected chi connectivity index (χ4v) is 8.15. The van der Waals surface area contributed by atoms with Crippen molar-refractivity contribution >= 4 is 60.5 Å². The number of rotatable bonds is 46. The number of nitrogens with two attached hydrogens (primary N) is 1. The van der Waals surface area contributed by atoms with Crippen LogP contribution in [0.4, 0.5) is 16.4 Å². The Labute approximate surface area is 450 Å². The first kappa shape index (κ1) is 65.5. The number of alkyl carbamates (subject to hydrolysis) is 1. The van der Waals surface area contributed by atoms with Crippen LogP contribution in [0.5, 0.6) is 0 Å². The van der Waals surface area contributed by atoms with Crippen LogP contribution in [0.25, 0.3) is 11.2 Å². The molecule has 0 aliphatic heterocycles. The van der Waals surface area contributed by atoms with E-state index in [0.717, 1.165) is 19.3 Å². The number of nitrogen functional groups attached to an aromatic ring is 1. The first-order valence-corrected chi connectivity index (χ1v) is 28.3. The number of amides is 3. The van der Waals surface area contributed by atoms with Gasteiger partial charge in [0.15, 0.2) is 11.2 Å². The molecule has 1 aromatic carbocycles. The number of hydrogen-bond donors (Lipinski definition) is 8. The number of esters is 1. The molecule has 0 aliphatic carbocycles. The molecule has 0 radical (unpaired) electrons. The lowest BCUT2D eigenvalue weighted by atomic mass is 10.0. The minimum atomic E-state index is -4.37. The monoisotopic (exact) mass is 1110 g/mol. The zero-order valence-electron chi connectivity index (χ0n) is 44.6. The largest absolute Gasteiger partial charge is 0.480 e. The minimum absolute atomic E-state index is 0.0396. The average molecular weight is 1110 g/mol. The fraction of sp³-hybridized carbons (Fsp3) is 0.667. The van der Waals surface area contributed by atoms with Crippen molar-refractivity contribution in [1.82, 2.24) is 35.9 Å². The summed E-state index contributed by atoms with van der Waals surface area (Å²) < 4.78 is 48.2. The van der Waals surface area contributed by atoms with Crippen molar-refractivity contribution in [2.75, 3.05) is 90.2 Å². The van der Waals surface area contributed by atoms with E-state index in [0.29, 0.717) is 17.8 Å². The van der Waals surface area contributed by atoms with E-state index in [-0.39, 0.29) is 134 Å². The van der Waals surface area contributed by atoms with Crippen molar-refractivity contribution in [3.63, 3.8) is 0 Å². The second-order valence-electron chi connectivity index (χ2n) is 18.0. The minimum Gasteiger partial charge on any atom is -0.480 e. The summed E-state index contributed by atoms with van der Waals surface area (Å²) in [5.74, 6) is -2.71. The lowest BCUT2D eigenvalue weighted by Crippen LogP contribution is -2.41. The predicted molar refractivity (Wildman–Crippen MR) is 286 cm³/mol. The molecule has 3 rings (SSSR count). The second-order valence-corrected chi connectivity index (χ2v) is 19.4. The Morgan fingerprint density at radius 2 is 1.27 bits per heavy atom. The number of hydrogen-bond acceptors (Lipinski definition) is 19. The van der Waals surface area contributed by atoms with Crippen LogP contribution in [0.3, 0.4) is 0 Å². The number of nitrogens with zero attached hydrogens (tertiary/aromatic N) is 3. The zero-order chi connectivity index (χ0) is 55.8. The molecule has 1 unspecified atom stereocenters. The number of carboxylic acids is 1. The Morgan fingerprint density at radius 1 is 0.688 bits per heavy atom. The van der Waals surface area contributed by atoms with Crippen molar-refractivity contribution in [3.8, 4) is 0 Å². The van der Waals surface area contributed by atoms with E-state index in [9.17, 15) is 43.3 Å². The number of unbranched alkanes of at least 4 members (excludes halogenated alkanes) is 14. The van der Waals surface area contributed by atoms with E-state index >= 15 is 0 Å². The molecule has 9 N–H and O–H groups in total. The summed E-state index contributed by atoms with van der Waals surface area (Å²) in [6.45, 7) is 3.26. The molecule has 3 aromatic rings. The molecule has 3 amide bonds. The smallest absolute Gasteiger partial charge is 0.472 e. The predicted octanol–water partition coefficient (Wildman–Crippen LogP) is 6.09. The molecule has 0 bridgehead atoms. The van der Waals surface area contributed by atoms with Crippen LogP contribution in [0.15, 0.2) is 35.3 Å². The first-order valence-electron chi connectivity index (χ1n) is 26.8. The Bertz CT molecular complexity index is 2280. The molecule has 2 atom stereocenters. The van der Waals surface area contributed by atoms with Crippen LogP contribution in [-0.2, 0) is 58.2 Å².